The van der Waals surface area contributed by atoms with Gasteiger partial charge in [-0.1, -0.05) is 122 Å². The lowest BCUT2D eigenvalue weighted by Gasteiger charge is -2.40. The van der Waals surface area contributed by atoms with E-state index in [0.29, 0.717) is 72.1 Å². The van der Waals surface area contributed by atoms with Gasteiger partial charge in [0.25, 0.3) is 0 Å². The summed E-state index contributed by atoms with van der Waals surface area (Å²) in [6, 6.07) is 0. The van der Waals surface area contributed by atoms with E-state index in [1.165, 1.54) is 138 Å². The van der Waals surface area contributed by atoms with Crippen LogP contribution in [0.15, 0.2) is 52.9 Å². The molecule has 18 nitrogen and oxygen atoms in total. The Morgan fingerprint density at radius 3 is 0.718 bits per heavy atom. The van der Waals surface area contributed by atoms with Crippen LogP contribution < -0.4 is 33.0 Å². The van der Waals surface area contributed by atoms with Crippen molar-refractivity contribution in [2.24, 2.45) is 53.6 Å². The van der Waals surface area contributed by atoms with Gasteiger partial charge in [0, 0.05) is 42.3 Å². The highest BCUT2D eigenvalue weighted by molar-refractivity contribution is 5.67. The van der Waals surface area contributed by atoms with Crippen LogP contribution in [0, 0.1) is 32.5 Å². The number of carbonyl (C=O) groups excluding carboxylic acids is 3. The smallest absolute Gasteiger partial charge is 0.406 e. The topological polar surface area (TPSA) is 209 Å². The fourth-order valence-electron chi connectivity index (χ4n) is 10.3. The number of ether oxygens (including phenoxy) is 6. The number of rotatable bonds is 18. The summed E-state index contributed by atoms with van der Waals surface area (Å²) < 4.78 is 31.5. The highest BCUT2D eigenvalue weighted by atomic mass is 16.6. The molecular weight excluding hydrogens is 997 g/mol. The second kappa shape index (κ2) is 40.9. The fourth-order valence-corrected chi connectivity index (χ4v) is 10.3. The Labute approximate surface area is 472 Å². The maximum atomic E-state index is 11.1. The molecule has 0 atom stereocenters. The standard InChI is InChI=1S/3C10H20.3C8H15NO3.C6H9N3O3/c3*1-9(2)6-5-7-10(3,4)8-9;3*1-3-11-6-4-5-7-12-8(10)9-2;1-7-4(10)8(2)6(12)9(3)5(7)11/h3*5-8H2,1-4H3;3*3H,1,4-7H2,2H3,(H,9,10);1-3H3. The van der Waals surface area contributed by atoms with Crippen LogP contribution in [0.1, 0.15) is 199 Å². The number of nitrogens with one attached hydrogen (secondary N) is 3. The number of aromatic nitrogens is 3. The molecule has 0 spiro atoms. The van der Waals surface area contributed by atoms with Gasteiger partial charge in [0.15, 0.2) is 0 Å². The molecule has 1 aromatic rings. The first-order valence-corrected chi connectivity index (χ1v) is 28.2. The van der Waals surface area contributed by atoms with E-state index in [9.17, 15) is 28.8 Å². The molecule has 1 aromatic heterocycles. The number of alkyl carbamates (subject to hydrolysis) is 3. The third kappa shape index (κ3) is 41.9. The quantitative estimate of drug-likeness (QED) is 0.0713. The van der Waals surface area contributed by atoms with E-state index in [1.54, 1.807) is 0 Å². The number of hydrogen-bond acceptors (Lipinski definition) is 12. The van der Waals surface area contributed by atoms with Crippen molar-refractivity contribution >= 4 is 18.3 Å². The average Bonchev–Trinajstić information content (AvgIpc) is 3.34. The predicted octanol–water partition coefficient (Wildman–Crippen LogP) is 12.5. The molecule has 456 valence electrons. The third-order valence-corrected chi connectivity index (χ3v) is 13.3. The Balaban J connectivity index is -0.000000842. The Hall–Kier alpha value is -5.16. The summed E-state index contributed by atoms with van der Waals surface area (Å²) in [6.45, 7) is 42.1. The van der Waals surface area contributed by atoms with Crippen LogP contribution in [0.3, 0.4) is 0 Å². The highest BCUT2D eigenvalue weighted by Crippen LogP contribution is 2.47. The molecule has 3 fully saturated rings. The first-order valence-electron chi connectivity index (χ1n) is 28.2. The predicted molar refractivity (Wildman–Crippen MR) is 318 cm³/mol. The number of unbranched alkanes of at least 4 members (excludes halogenated alkanes) is 3. The lowest BCUT2D eigenvalue weighted by molar-refractivity contribution is 0.115. The fraction of sp³-hybridized carbons (Fsp3) is 0.800. The third-order valence-electron chi connectivity index (χ3n) is 13.3. The lowest BCUT2D eigenvalue weighted by Crippen LogP contribution is -2.51. The van der Waals surface area contributed by atoms with Crippen LogP contribution in [-0.4, -0.2) is 92.8 Å². The van der Waals surface area contributed by atoms with Crippen LogP contribution in [0.25, 0.3) is 0 Å². The minimum Gasteiger partial charge on any atom is -0.502 e. The number of hydrogen-bond donors (Lipinski definition) is 3. The Kier molecular flexibility index (Phi) is 40.5. The average molecular weight is 1110 g/mol. The molecule has 0 aliphatic heterocycles. The highest BCUT2D eigenvalue weighted by Gasteiger charge is 2.34. The summed E-state index contributed by atoms with van der Waals surface area (Å²) in [6.07, 6.45) is 25.1. The van der Waals surface area contributed by atoms with Gasteiger partial charge in [-0.2, -0.15) is 0 Å². The number of carbonyl (C=O) groups is 3. The molecule has 1 heterocycles. The molecule has 18 heteroatoms. The lowest BCUT2D eigenvalue weighted by atomic mass is 9.65. The van der Waals surface area contributed by atoms with Crippen LogP contribution in [0.2, 0.25) is 0 Å². The van der Waals surface area contributed by atoms with Gasteiger partial charge in [0.1, 0.15) is 0 Å². The second-order valence-electron chi connectivity index (χ2n) is 25.0. The van der Waals surface area contributed by atoms with Gasteiger partial charge in [-0.15, -0.1) is 0 Å². The first-order chi connectivity index (χ1) is 36.1. The summed E-state index contributed by atoms with van der Waals surface area (Å²) >= 11 is 0. The molecule has 3 saturated carbocycles. The van der Waals surface area contributed by atoms with E-state index in [1.807, 2.05) is 0 Å². The summed E-state index contributed by atoms with van der Waals surface area (Å²) in [7, 11) is 8.56. The number of nitrogens with zero attached hydrogens (tertiary/aromatic N) is 3. The summed E-state index contributed by atoms with van der Waals surface area (Å²) in [5.41, 5.74) is 1.85. The largest absolute Gasteiger partial charge is 0.502 e. The molecule has 3 aliphatic carbocycles. The van der Waals surface area contributed by atoms with Crippen molar-refractivity contribution in [3.63, 3.8) is 0 Å². The molecular formula is C60H114N6O12. The molecule has 3 N–H and O–H groups in total. The van der Waals surface area contributed by atoms with E-state index < -0.39 is 17.1 Å². The Bertz CT molecular complexity index is 1720. The van der Waals surface area contributed by atoms with Gasteiger partial charge >= 0.3 is 35.3 Å². The van der Waals surface area contributed by atoms with Crippen LogP contribution in [0.5, 0.6) is 0 Å². The zero-order valence-electron chi connectivity index (χ0n) is 52.6. The normalized spacial score (nSPS) is 17.2. The summed E-state index contributed by atoms with van der Waals surface area (Å²) in [5, 5.41) is 7.08. The minimum atomic E-state index is -0.608. The zero-order valence-corrected chi connectivity index (χ0v) is 52.6. The van der Waals surface area contributed by atoms with E-state index in [2.05, 4.69) is 119 Å². The number of amides is 3. The van der Waals surface area contributed by atoms with Crippen molar-refractivity contribution in [3.05, 3.63) is 70.0 Å². The van der Waals surface area contributed by atoms with Crippen LogP contribution in [-0.2, 0) is 49.6 Å². The van der Waals surface area contributed by atoms with Crippen molar-refractivity contribution in [2.75, 3.05) is 60.8 Å². The maximum absolute atomic E-state index is 11.1. The summed E-state index contributed by atoms with van der Waals surface area (Å²) in [4.78, 5) is 64.8. The zero-order chi connectivity index (χ0) is 60.7. The van der Waals surface area contributed by atoms with Crippen LogP contribution in [0.4, 0.5) is 14.4 Å². The Morgan fingerprint density at radius 2 is 0.577 bits per heavy atom. The van der Waals surface area contributed by atoms with Gasteiger partial charge in [-0.3, -0.25) is 0 Å². The molecule has 0 aromatic carbocycles. The van der Waals surface area contributed by atoms with Crippen molar-refractivity contribution in [2.45, 2.75) is 199 Å². The van der Waals surface area contributed by atoms with Gasteiger partial charge in [0.05, 0.1) is 58.4 Å². The molecule has 0 unspecified atom stereocenters. The van der Waals surface area contributed by atoms with E-state index >= 15 is 0 Å². The minimum absolute atomic E-state index is 0.389. The molecule has 0 bridgehead atoms. The van der Waals surface area contributed by atoms with E-state index in [-0.39, 0.29) is 18.3 Å². The van der Waals surface area contributed by atoms with E-state index in [0.717, 1.165) is 52.2 Å². The van der Waals surface area contributed by atoms with Gasteiger partial charge < -0.3 is 44.4 Å². The second-order valence-corrected chi connectivity index (χ2v) is 25.0. The van der Waals surface area contributed by atoms with Crippen molar-refractivity contribution in [3.8, 4) is 0 Å². The SMILES string of the molecule is C=COCCCCOC(=O)NC.C=COCCCCOC(=O)NC.C=COCCCCOC(=O)NC.CC1(C)CCCC(C)(C)C1.CC1(C)CCCC(C)(C)C1.CC1(C)CCCC(C)(C)C1.Cn1c(=O)n(C)c(=O)n(C)c1=O. The van der Waals surface area contributed by atoms with Gasteiger partial charge in [-0.05, 0) is 129 Å². The van der Waals surface area contributed by atoms with E-state index in [4.69, 9.17) is 28.4 Å². The first kappa shape index (κ1) is 77.1. The molecule has 3 aliphatic rings. The maximum Gasteiger partial charge on any atom is 0.406 e. The Morgan fingerprint density at radius 1 is 0.397 bits per heavy atom. The van der Waals surface area contributed by atoms with Crippen molar-refractivity contribution in [1.82, 2.24) is 29.7 Å². The molecule has 4 rings (SSSR count). The van der Waals surface area contributed by atoms with Crippen LogP contribution >= 0.6 is 0 Å². The molecule has 0 saturated heterocycles. The monoisotopic (exact) mass is 1110 g/mol. The van der Waals surface area contributed by atoms with Crippen molar-refractivity contribution in [1.29, 1.82) is 0 Å². The van der Waals surface area contributed by atoms with Crippen molar-refractivity contribution < 1.29 is 42.8 Å². The molecule has 0 radical (unpaired) electrons. The summed E-state index contributed by atoms with van der Waals surface area (Å²) in [5.74, 6) is 0. The molecule has 3 amide bonds. The van der Waals surface area contributed by atoms with Gasteiger partial charge in [-0.25, -0.2) is 42.5 Å². The molecule has 78 heavy (non-hydrogen) atoms. The van der Waals surface area contributed by atoms with Gasteiger partial charge in [0.2, 0.25) is 0 Å².